The monoisotopic (exact) mass is 494 g/mol. The van der Waals surface area contributed by atoms with Crippen molar-refractivity contribution in [3.63, 3.8) is 0 Å². The summed E-state index contributed by atoms with van der Waals surface area (Å²) in [6.45, 7) is 6.09. The first-order chi connectivity index (χ1) is 17.9. The van der Waals surface area contributed by atoms with Gasteiger partial charge in [0.15, 0.2) is 5.65 Å². The molecule has 5 rings (SSSR count). The maximum Gasteiger partial charge on any atom is 0.338 e. The van der Waals surface area contributed by atoms with Crippen LogP contribution >= 0.6 is 0 Å². The number of hydrogen-bond acceptors (Lipinski definition) is 6. The smallest absolute Gasteiger partial charge is 0.338 e. The van der Waals surface area contributed by atoms with Gasteiger partial charge in [-0.1, -0.05) is 48.0 Å². The molecule has 0 aliphatic carbocycles. The molecule has 2 aromatic carbocycles. The molecule has 3 aromatic heterocycles. The molecule has 0 unspecified atom stereocenters. The van der Waals surface area contributed by atoms with E-state index in [-0.39, 0.29) is 5.91 Å². The molecule has 0 bridgehead atoms. The van der Waals surface area contributed by atoms with E-state index in [1.165, 1.54) is 13.3 Å². The maximum absolute atomic E-state index is 13.3. The Labute approximate surface area is 213 Å². The molecule has 0 aliphatic rings. The number of aryl methyl sites for hydroxylation is 2. The normalized spacial score (nSPS) is 11.0. The summed E-state index contributed by atoms with van der Waals surface area (Å²) in [5, 5.41) is 12.0. The highest BCUT2D eigenvalue weighted by molar-refractivity contribution is 6.08. The lowest BCUT2D eigenvalue weighted by Gasteiger charge is -2.10. The van der Waals surface area contributed by atoms with Gasteiger partial charge < -0.3 is 10.1 Å². The van der Waals surface area contributed by atoms with E-state index in [4.69, 9.17) is 4.74 Å². The lowest BCUT2D eigenvalue weighted by molar-refractivity contribution is 0.0599. The van der Waals surface area contributed by atoms with Gasteiger partial charge in [-0.25, -0.2) is 14.3 Å². The number of esters is 1. The fourth-order valence-corrected chi connectivity index (χ4v) is 4.34. The SMILES string of the molecule is COC(=O)c1ccccc1Cn1nc(C)c(NC(=O)c2cnn3c(-c4ccc(C)cc4)ccnc23)c1C. The molecular weight excluding hydrogens is 468 g/mol. The summed E-state index contributed by atoms with van der Waals surface area (Å²) in [4.78, 5) is 29.9. The molecule has 186 valence electrons. The molecule has 3 heterocycles. The summed E-state index contributed by atoms with van der Waals surface area (Å²) in [5.74, 6) is -0.736. The van der Waals surface area contributed by atoms with Gasteiger partial charge in [0.2, 0.25) is 0 Å². The van der Waals surface area contributed by atoms with Gasteiger partial charge in [0.1, 0.15) is 5.56 Å². The van der Waals surface area contributed by atoms with Crippen molar-refractivity contribution in [1.29, 1.82) is 0 Å². The Morgan fingerprint density at radius 2 is 1.73 bits per heavy atom. The Kier molecular flexibility index (Phi) is 6.27. The average molecular weight is 495 g/mol. The van der Waals surface area contributed by atoms with Crippen molar-refractivity contribution in [3.8, 4) is 11.3 Å². The van der Waals surface area contributed by atoms with E-state index < -0.39 is 5.97 Å². The van der Waals surface area contributed by atoms with Gasteiger partial charge in [0, 0.05) is 11.8 Å². The van der Waals surface area contributed by atoms with Crippen molar-refractivity contribution in [1.82, 2.24) is 24.4 Å². The van der Waals surface area contributed by atoms with Gasteiger partial charge in [0.25, 0.3) is 5.91 Å². The number of anilines is 1. The molecule has 0 atom stereocenters. The first-order valence-electron chi connectivity index (χ1n) is 11.8. The number of amides is 1. The van der Waals surface area contributed by atoms with Crippen molar-refractivity contribution >= 4 is 23.2 Å². The molecule has 0 aliphatic heterocycles. The van der Waals surface area contributed by atoms with Crippen molar-refractivity contribution in [3.05, 3.63) is 101 Å². The number of hydrogen-bond donors (Lipinski definition) is 1. The minimum atomic E-state index is -0.406. The molecule has 1 N–H and O–H groups in total. The van der Waals surface area contributed by atoms with E-state index in [9.17, 15) is 9.59 Å². The summed E-state index contributed by atoms with van der Waals surface area (Å²) >= 11 is 0. The van der Waals surface area contributed by atoms with Crippen LogP contribution in [0.4, 0.5) is 5.69 Å². The minimum absolute atomic E-state index is 0.329. The maximum atomic E-state index is 13.3. The van der Waals surface area contributed by atoms with Crippen LogP contribution in [-0.2, 0) is 11.3 Å². The summed E-state index contributed by atoms with van der Waals surface area (Å²) in [5.41, 5.74) is 7.08. The molecule has 0 fully saturated rings. The molecule has 0 saturated carbocycles. The minimum Gasteiger partial charge on any atom is -0.465 e. The van der Waals surface area contributed by atoms with Crippen LogP contribution in [0.3, 0.4) is 0 Å². The summed E-state index contributed by atoms with van der Waals surface area (Å²) in [7, 11) is 1.36. The molecule has 1 amide bonds. The zero-order valence-corrected chi connectivity index (χ0v) is 21.0. The van der Waals surface area contributed by atoms with Gasteiger partial charge >= 0.3 is 5.97 Å². The van der Waals surface area contributed by atoms with Crippen LogP contribution in [0, 0.1) is 20.8 Å². The molecule has 0 radical (unpaired) electrons. The highest BCUT2D eigenvalue weighted by Crippen LogP contribution is 2.25. The Hall–Kier alpha value is -4.79. The first-order valence-corrected chi connectivity index (χ1v) is 11.8. The van der Waals surface area contributed by atoms with Gasteiger partial charge in [-0.3, -0.25) is 9.48 Å². The summed E-state index contributed by atoms with van der Waals surface area (Å²) in [6, 6.07) is 17.2. The third-order valence-electron chi connectivity index (χ3n) is 6.36. The van der Waals surface area contributed by atoms with Crippen LogP contribution in [0.5, 0.6) is 0 Å². The quantitative estimate of drug-likeness (QED) is 0.346. The van der Waals surface area contributed by atoms with Crippen LogP contribution in [0.15, 0.2) is 67.0 Å². The van der Waals surface area contributed by atoms with E-state index in [0.29, 0.717) is 34.7 Å². The molecule has 0 saturated heterocycles. The van der Waals surface area contributed by atoms with E-state index in [1.54, 1.807) is 27.5 Å². The van der Waals surface area contributed by atoms with Crippen molar-refractivity contribution in [2.24, 2.45) is 0 Å². The predicted octanol–water partition coefficient (Wildman–Crippen LogP) is 4.61. The van der Waals surface area contributed by atoms with E-state index in [2.05, 4.69) is 20.5 Å². The van der Waals surface area contributed by atoms with Crippen molar-refractivity contribution in [2.75, 3.05) is 12.4 Å². The Bertz CT molecular complexity index is 1630. The summed E-state index contributed by atoms with van der Waals surface area (Å²) in [6.07, 6.45) is 3.20. The fourth-order valence-electron chi connectivity index (χ4n) is 4.34. The van der Waals surface area contributed by atoms with Crippen LogP contribution in [0.25, 0.3) is 16.9 Å². The predicted molar refractivity (Wildman–Crippen MR) is 140 cm³/mol. The first kappa shape index (κ1) is 23.9. The average Bonchev–Trinajstić information content (AvgIpc) is 3.46. The largest absolute Gasteiger partial charge is 0.465 e. The Morgan fingerprint density at radius 1 is 0.973 bits per heavy atom. The van der Waals surface area contributed by atoms with Crippen molar-refractivity contribution < 1.29 is 14.3 Å². The molecule has 5 aromatic rings. The molecule has 0 spiro atoms. The molecule has 37 heavy (non-hydrogen) atoms. The highest BCUT2D eigenvalue weighted by atomic mass is 16.5. The van der Waals surface area contributed by atoms with Crippen molar-refractivity contribution in [2.45, 2.75) is 27.3 Å². The second-order valence-electron chi connectivity index (χ2n) is 8.80. The second kappa shape index (κ2) is 9.69. The topological polar surface area (TPSA) is 103 Å². The number of benzene rings is 2. The van der Waals surface area contributed by atoms with Gasteiger partial charge in [-0.05, 0) is 38.5 Å². The summed E-state index contributed by atoms with van der Waals surface area (Å²) < 4.78 is 8.34. The van der Waals surface area contributed by atoms with E-state index >= 15 is 0 Å². The lowest BCUT2D eigenvalue weighted by atomic mass is 10.1. The third-order valence-corrected chi connectivity index (χ3v) is 6.36. The molecule has 9 nitrogen and oxygen atoms in total. The number of ether oxygens (including phenoxy) is 1. The second-order valence-corrected chi connectivity index (χ2v) is 8.80. The number of carbonyl (C=O) groups excluding carboxylic acids is 2. The van der Waals surface area contributed by atoms with Crippen LogP contribution in [0.2, 0.25) is 0 Å². The van der Waals surface area contributed by atoms with Gasteiger partial charge in [0.05, 0.1) is 48.2 Å². The number of rotatable bonds is 6. The number of aromatic nitrogens is 5. The van der Waals surface area contributed by atoms with E-state index in [1.807, 2.05) is 63.2 Å². The number of nitrogens with one attached hydrogen (secondary N) is 1. The number of carbonyl (C=O) groups is 2. The van der Waals surface area contributed by atoms with Crippen LogP contribution < -0.4 is 5.32 Å². The number of nitrogens with zero attached hydrogens (tertiary/aromatic N) is 5. The van der Waals surface area contributed by atoms with Gasteiger partial charge in [-0.15, -0.1) is 0 Å². The Morgan fingerprint density at radius 3 is 2.49 bits per heavy atom. The Balaban J connectivity index is 1.43. The van der Waals surface area contributed by atoms with Crippen LogP contribution in [0.1, 0.15) is 43.2 Å². The molecular formula is C28H26N6O3. The fraction of sp³-hybridized carbons (Fsp3) is 0.179. The zero-order chi connectivity index (χ0) is 26.1. The third kappa shape index (κ3) is 4.47. The highest BCUT2D eigenvalue weighted by Gasteiger charge is 2.21. The zero-order valence-electron chi connectivity index (χ0n) is 21.0. The number of fused-ring (bicyclic) bond motifs is 1. The van der Waals surface area contributed by atoms with Crippen LogP contribution in [-0.4, -0.2) is 43.4 Å². The van der Waals surface area contributed by atoms with E-state index in [0.717, 1.165) is 28.1 Å². The number of methoxy groups -OCH3 is 1. The lowest BCUT2D eigenvalue weighted by Crippen LogP contribution is -2.14. The standard InChI is InChI=1S/C28H26N6O3/c1-17-9-11-20(12-10-17)24-13-14-29-26-23(15-30-34(24)26)27(35)31-25-18(2)32-33(19(25)3)16-21-7-5-6-8-22(21)28(36)37-4/h5-15H,16H2,1-4H3,(H,31,35). The molecule has 9 heteroatoms. The van der Waals surface area contributed by atoms with Gasteiger partial charge in [-0.2, -0.15) is 10.2 Å².